The molecule has 2 aromatic carbocycles. The molecule has 0 aliphatic rings. The molecule has 0 spiro atoms. The third-order valence-electron chi connectivity index (χ3n) is 3.15. The molecule has 2 aromatic rings. The van der Waals surface area contributed by atoms with Gasteiger partial charge in [0.25, 0.3) is 0 Å². The van der Waals surface area contributed by atoms with Crippen LogP contribution in [0.2, 0.25) is 10.0 Å². The maximum atomic E-state index is 12.1. The second-order valence-corrected chi connectivity index (χ2v) is 7.91. The number of carbonyl (C=O) groups excluding carboxylic acids is 1. The number of carbonyl (C=O) groups is 1. The standard InChI is InChI=1S/C16H15Cl2NO3S/c17-13-4-6-15(7-5-13)23(21,22)9-8-16(20)19-11-12-2-1-3-14(18)10-12/h1-7,10H,8-9,11H2,(H,19,20). The van der Waals surface area contributed by atoms with Crippen LogP contribution in [-0.2, 0) is 21.2 Å². The summed E-state index contributed by atoms with van der Waals surface area (Å²) in [4.78, 5) is 12.0. The van der Waals surface area contributed by atoms with Crippen molar-refractivity contribution < 1.29 is 13.2 Å². The third-order valence-corrected chi connectivity index (χ3v) is 5.37. The molecule has 0 heterocycles. The number of amides is 1. The molecule has 0 aliphatic carbocycles. The van der Waals surface area contributed by atoms with Gasteiger partial charge in [0, 0.05) is 23.0 Å². The zero-order valence-electron chi connectivity index (χ0n) is 12.1. The Hall–Kier alpha value is -1.56. The molecule has 0 saturated carbocycles. The second kappa shape index (κ2) is 7.81. The van der Waals surface area contributed by atoms with Crippen molar-refractivity contribution in [3.8, 4) is 0 Å². The minimum atomic E-state index is -3.50. The monoisotopic (exact) mass is 371 g/mol. The van der Waals surface area contributed by atoms with Gasteiger partial charge in [-0.3, -0.25) is 4.79 Å². The third kappa shape index (κ3) is 5.53. The zero-order chi connectivity index (χ0) is 16.9. The van der Waals surface area contributed by atoms with Crippen molar-refractivity contribution in [1.29, 1.82) is 0 Å². The lowest BCUT2D eigenvalue weighted by Gasteiger charge is -2.07. The number of benzene rings is 2. The summed E-state index contributed by atoms with van der Waals surface area (Å²) in [5.41, 5.74) is 0.853. The Balaban J connectivity index is 1.87. The highest BCUT2D eigenvalue weighted by molar-refractivity contribution is 7.91. The average molecular weight is 372 g/mol. The van der Waals surface area contributed by atoms with Gasteiger partial charge in [0.2, 0.25) is 5.91 Å². The number of nitrogens with one attached hydrogen (secondary N) is 1. The summed E-state index contributed by atoms with van der Waals surface area (Å²) >= 11 is 11.6. The lowest BCUT2D eigenvalue weighted by atomic mass is 10.2. The smallest absolute Gasteiger partial charge is 0.221 e. The number of rotatable bonds is 6. The molecular formula is C16H15Cl2NO3S. The first-order valence-electron chi connectivity index (χ1n) is 6.86. The summed E-state index contributed by atoms with van der Waals surface area (Å²) in [6.45, 7) is 0.306. The molecule has 4 nitrogen and oxygen atoms in total. The van der Waals surface area contributed by atoms with Gasteiger partial charge in [0.15, 0.2) is 9.84 Å². The molecule has 0 bridgehead atoms. The van der Waals surface area contributed by atoms with Gasteiger partial charge in [-0.1, -0.05) is 35.3 Å². The van der Waals surface area contributed by atoms with E-state index in [4.69, 9.17) is 23.2 Å². The Morgan fingerprint density at radius 1 is 1.00 bits per heavy atom. The van der Waals surface area contributed by atoms with Crippen LogP contribution >= 0.6 is 23.2 Å². The highest BCUT2D eigenvalue weighted by atomic mass is 35.5. The fourth-order valence-electron chi connectivity index (χ4n) is 1.92. The molecule has 23 heavy (non-hydrogen) atoms. The van der Waals surface area contributed by atoms with E-state index in [2.05, 4.69) is 5.32 Å². The van der Waals surface area contributed by atoms with Gasteiger partial charge in [-0.15, -0.1) is 0 Å². The van der Waals surface area contributed by atoms with Crippen molar-refractivity contribution in [3.63, 3.8) is 0 Å². The summed E-state index contributed by atoms with van der Waals surface area (Å²) in [7, 11) is -3.50. The Kier molecular flexibility index (Phi) is 6.04. The number of sulfone groups is 1. The van der Waals surface area contributed by atoms with Crippen LogP contribution in [0.15, 0.2) is 53.4 Å². The van der Waals surface area contributed by atoms with Crippen LogP contribution in [0.4, 0.5) is 0 Å². The summed E-state index contributed by atoms with van der Waals surface area (Å²) < 4.78 is 24.3. The van der Waals surface area contributed by atoms with Crippen molar-refractivity contribution >= 4 is 38.9 Å². The predicted octanol–water partition coefficient (Wildman–Crippen LogP) is 3.47. The van der Waals surface area contributed by atoms with E-state index in [-0.39, 0.29) is 23.0 Å². The first kappa shape index (κ1) is 17.8. The van der Waals surface area contributed by atoms with Gasteiger partial charge in [-0.25, -0.2) is 8.42 Å². The van der Waals surface area contributed by atoms with Gasteiger partial charge < -0.3 is 5.32 Å². The molecular weight excluding hydrogens is 357 g/mol. The molecule has 0 aliphatic heterocycles. The predicted molar refractivity (Wildman–Crippen MR) is 91.4 cm³/mol. The van der Waals surface area contributed by atoms with Crippen molar-refractivity contribution in [2.75, 3.05) is 5.75 Å². The minimum Gasteiger partial charge on any atom is -0.352 e. The second-order valence-electron chi connectivity index (χ2n) is 4.93. The summed E-state index contributed by atoms with van der Waals surface area (Å²) in [6, 6.07) is 13.0. The van der Waals surface area contributed by atoms with E-state index in [1.807, 2.05) is 6.07 Å². The molecule has 0 aromatic heterocycles. The van der Waals surface area contributed by atoms with Crippen LogP contribution in [0.1, 0.15) is 12.0 Å². The molecule has 0 saturated heterocycles. The Morgan fingerprint density at radius 2 is 1.70 bits per heavy atom. The topological polar surface area (TPSA) is 63.2 Å². The zero-order valence-corrected chi connectivity index (χ0v) is 14.5. The van der Waals surface area contributed by atoms with E-state index in [0.29, 0.717) is 16.6 Å². The van der Waals surface area contributed by atoms with E-state index in [1.165, 1.54) is 24.3 Å². The van der Waals surface area contributed by atoms with Crippen LogP contribution in [0, 0.1) is 0 Å². The first-order chi connectivity index (χ1) is 10.9. The maximum Gasteiger partial charge on any atom is 0.221 e. The molecule has 1 amide bonds. The minimum absolute atomic E-state index is 0.106. The normalized spacial score (nSPS) is 11.2. The summed E-state index contributed by atoms with van der Waals surface area (Å²) in [5, 5.41) is 3.72. The van der Waals surface area contributed by atoms with Gasteiger partial charge >= 0.3 is 0 Å². The van der Waals surface area contributed by atoms with Crippen LogP contribution in [0.3, 0.4) is 0 Å². The van der Waals surface area contributed by atoms with Gasteiger partial charge in [0.05, 0.1) is 10.6 Å². The molecule has 0 unspecified atom stereocenters. The van der Waals surface area contributed by atoms with E-state index < -0.39 is 9.84 Å². The molecule has 122 valence electrons. The summed E-state index contributed by atoms with van der Waals surface area (Å²) in [6.07, 6.45) is -0.106. The maximum absolute atomic E-state index is 12.1. The van der Waals surface area contributed by atoms with Crippen LogP contribution < -0.4 is 5.32 Å². The molecule has 1 N–H and O–H groups in total. The average Bonchev–Trinajstić information content (AvgIpc) is 2.51. The van der Waals surface area contributed by atoms with Crippen LogP contribution in [-0.4, -0.2) is 20.1 Å². The van der Waals surface area contributed by atoms with Crippen molar-refractivity contribution in [1.82, 2.24) is 5.32 Å². The van der Waals surface area contributed by atoms with Crippen LogP contribution in [0.5, 0.6) is 0 Å². The van der Waals surface area contributed by atoms with Crippen molar-refractivity contribution in [2.24, 2.45) is 0 Å². The first-order valence-corrected chi connectivity index (χ1v) is 9.27. The quantitative estimate of drug-likeness (QED) is 0.845. The van der Waals surface area contributed by atoms with Gasteiger partial charge in [0.1, 0.15) is 0 Å². The Bertz CT molecular complexity index is 789. The van der Waals surface area contributed by atoms with E-state index in [1.54, 1.807) is 18.2 Å². The Labute approximate surface area is 145 Å². The number of hydrogen-bond acceptors (Lipinski definition) is 3. The largest absolute Gasteiger partial charge is 0.352 e. The summed E-state index contributed by atoms with van der Waals surface area (Å²) in [5.74, 6) is -0.585. The lowest BCUT2D eigenvalue weighted by Crippen LogP contribution is -2.25. The van der Waals surface area contributed by atoms with Gasteiger partial charge in [-0.05, 0) is 42.0 Å². The Morgan fingerprint density at radius 3 is 2.35 bits per heavy atom. The van der Waals surface area contributed by atoms with Crippen molar-refractivity contribution in [3.05, 3.63) is 64.1 Å². The molecule has 0 fully saturated rings. The highest BCUT2D eigenvalue weighted by Gasteiger charge is 2.16. The van der Waals surface area contributed by atoms with Crippen LogP contribution in [0.25, 0.3) is 0 Å². The van der Waals surface area contributed by atoms with Crippen molar-refractivity contribution in [2.45, 2.75) is 17.9 Å². The molecule has 2 rings (SSSR count). The van der Waals surface area contributed by atoms with E-state index in [9.17, 15) is 13.2 Å². The number of halogens is 2. The highest BCUT2D eigenvalue weighted by Crippen LogP contribution is 2.16. The lowest BCUT2D eigenvalue weighted by molar-refractivity contribution is -0.120. The van der Waals surface area contributed by atoms with E-state index >= 15 is 0 Å². The fourth-order valence-corrected chi connectivity index (χ4v) is 3.50. The van der Waals surface area contributed by atoms with Gasteiger partial charge in [-0.2, -0.15) is 0 Å². The number of hydrogen-bond donors (Lipinski definition) is 1. The fraction of sp³-hybridized carbons (Fsp3) is 0.188. The molecule has 0 atom stereocenters. The van der Waals surface area contributed by atoms with E-state index in [0.717, 1.165) is 5.56 Å². The molecule has 0 radical (unpaired) electrons. The molecule has 7 heteroatoms. The SMILES string of the molecule is O=C(CCS(=O)(=O)c1ccc(Cl)cc1)NCc1cccc(Cl)c1.